The van der Waals surface area contributed by atoms with Crippen molar-refractivity contribution in [2.24, 2.45) is 17.2 Å². The van der Waals surface area contributed by atoms with Crippen LogP contribution in [0.15, 0.2) is 23.3 Å². The monoisotopic (exact) mass is 281 g/mol. The second-order valence-corrected chi connectivity index (χ2v) is 5.53. The summed E-state index contributed by atoms with van der Waals surface area (Å²) in [5, 5.41) is 0. The zero-order valence-electron chi connectivity index (χ0n) is 11.8. The van der Waals surface area contributed by atoms with Crippen LogP contribution < -0.4 is 5.90 Å². The summed E-state index contributed by atoms with van der Waals surface area (Å²) < 4.78 is 10.2. The maximum Gasteiger partial charge on any atom is 0.317 e. The van der Waals surface area contributed by atoms with Gasteiger partial charge in [0.05, 0.1) is 5.41 Å². The predicted octanol–water partition coefficient (Wildman–Crippen LogP) is 1.22. The highest BCUT2D eigenvalue weighted by atomic mass is 16.7. The fraction of sp³-hybridized carbons (Fsp3) is 0.571. The third kappa shape index (κ3) is 2.91. The fourth-order valence-corrected chi connectivity index (χ4v) is 2.70. The molecule has 0 aromatic rings. The van der Waals surface area contributed by atoms with Crippen molar-refractivity contribution in [3.63, 3.8) is 0 Å². The van der Waals surface area contributed by atoms with Gasteiger partial charge in [0, 0.05) is 18.1 Å². The summed E-state index contributed by atoms with van der Waals surface area (Å²) in [5.41, 5.74) is 1.09. The number of rotatable bonds is 4. The lowest BCUT2D eigenvalue weighted by atomic mass is 9.81. The number of carbonyl (C=O) groups excluding carboxylic acids is 2. The highest BCUT2D eigenvalue weighted by Gasteiger charge is 2.47. The molecule has 3 unspecified atom stereocenters. The van der Waals surface area contributed by atoms with Crippen molar-refractivity contribution >= 4 is 11.9 Å². The molecule has 0 spiro atoms. The molecule has 0 amide bonds. The molecule has 1 saturated carbocycles. The number of hydrogen-bond donors (Lipinski definition) is 1. The third-order valence-electron chi connectivity index (χ3n) is 3.51. The van der Waals surface area contributed by atoms with E-state index in [0.717, 1.165) is 11.1 Å². The van der Waals surface area contributed by atoms with E-state index >= 15 is 0 Å². The minimum atomic E-state index is -0.777. The van der Waals surface area contributed by atoms with Crippen LogP contribution in [-0.2, 0) is 23.9 Å². The zero-order chi connectivity index (χ0) is 14.9. The molecule has 110 valence electrons. The second-order valence-electron chi connectivity index (χ2n) is 5.53. The van der Waals surface area contributed by atoms with Gasteiger partial charge >= 0.3 is 11.9 Å². The highest BCUT2D eigenvalue weighted by molar-refractivity contribution is 5.81. The highest BCUT2D eigenvalue weighted by Crippen LogP contribution is 2.48. The standard InChI is InChI=1S/C14H19NO5/c1-8-4-10-11(12(10)20-9(2)16)6-14(3,5-8)13(17)18-7-19-15/h4,6,8,12H,5,7,15H2,1-3H3. The Kier molecular flexibility index (Phi) is 3.96. The molecule has 6 nitrogen and oxygen atoms in total. The van der Waals surface area contributed by atoms with Crippen molar-refractivity contribution in [3.8, 4) is 0 Å². The van der Waals surface area contributed by atoms with E-state index in [1.54, 1.807) is 6.92 Å². The third-order valence-corrected chi connectivity index (χ3v) is 3.51. The maximum atomic E-state index is 12.1. The lowest BCUT2D eigenvalue weighted by molar-refractivity contribution is -0.166. The van der Waals surface area contributed by atoms with Gasteiger partial charge in [0.25, 0.3) is 0 Å². The van der Waals surface area contributed by atoms with E-state index in [-0.39, 0.29) is 24.8 Å². The van der Waals surface area contributed by atoms with Crippen LogP contribution >= 0.6 is 0 Å². The number of ether oxygens (including phenoxy) is 2. The molecule has 0 aromatic heterocycles. The van der Waals surface area contributed by atoms with Gasteiger partial charge in [-0.05, 0) is 19.3 Å². The molecule has 3 atom stereocenters. The summed E-state index contributed by atoms with van der Waals surface area (Å²) in [7, 11) is 0. The summed E-state index contributed by atoms with van der Waals surface area (Å²) in [6.45, 7) is 4.90. The number of fused-ring (bicyclic) bond motifs is 1. The topological polar surface area (TPSA) is 87.9 Å². The van der Waals surface area contributed by atoms with E-state index in [1.807, 2.05) is 19.1 Å². The van der Waals surface area contributed by atoms with Crippen LogP contribution in [0.4, 0.5) is 0 Å². The summed E-state index contributed by atoms with van der Waals surface area (Å²) in [5.74, 6) is 4.30. The largest absolute Gasteiger partial charge is 0.453 e. The Labute approximate surface area is 117 Å². The van der Waals surface area contributed by atoms with Crippen LogP contribution in [0.1, 0.15) is 27.2 Å². The average Bonchev–Trinajstić information content (AvgIpc) is 2.98. The Morgan fingerprint density at radius 1 is 1.45 bits per heavy atom. The molecule has 0 aromatic carbocycles. The van der Waals surface area contributed by atoms with Crippen molar-refractivity contribution < 1.29 is 23.9 Å². The quantitative estimate of drug-likeness (QED) is 0.473. The molecule has 2 aliphatic carbocycles. The summed E-state index contributed by atoms with van der Waals surface area (Å²) in [6.07, 6.45) is 4.18. The predicted molar refractivity (Wildman–Crippen MR) is 69.8 cm³/mol. The first-order valence-electron chi connectivity index (χ1n) is 6.48. The van der Waals surface area contributed by atoms with Crippen LogP contribution in [0, 0.1) is 11.3 Å². The van der Waals surface area contributed by atoms with Gasteiger partial charge in [-0.25, -0.2) is 5.90 Å². The normalized spacial score (nSPS) is 31.4. The molecule has 0 heterocycles. The first-order valence-corrected chi connectivity index (χ1v) is 6.48. The molecule has 2 aliphatic rings. The van der Waals surface area contributed by atoms with E-state index in [2.05, 4.69) is 4.84 Å². The molecular formula is C14H19NO5. The maximum absolute atomic E-state index is 12.1. The minimum absolute atomic E-state index is 0.177. The summed E-state index contributed by atoms with van der Waals surface area (Å²) in [4.78, 5) is 27.5. The minimum Gasteiger partial charge on any atom is -0.453 e. The number of hydrogen-bond acceptors (Lipinski definition) is 6. The molecular weight excluding hydrogens is 262 g/mol. The molecule has 0 aliphatic heterocycles. The second kappa shape index (κ2) is 5.38. The van der Waals surface area contributed by atoms with Gasteiger partial charge in [0.1, 0.15) is 0 Å². The molecule has 6 heteroatoms. The molecule has 0 radical (unpaired) electrons. The van der Waals surface area contributed by atoms with Crippen LogP contribution in [0.5, 0.6) is 0 Å². The average molecular weight is 281 g/mol. The van der Waals surface area contributed by atoms with Crippen LogP contribution in [0.2, 0.25) is 0 Å². The lowest BCUT2D eigenvalue weighted by Crippen LogP contribution is -2.30. The van der Waals surface area contributed by atoms with Gasteiger partial charge in [-0.2, -0.15) is 0 Å². The molecule has 20 heavy (non-hydrogen) atoms. The summed E-state index contributed by atoms with van der Waals surface area (Å²) >= 11 is 0. The van der Waals surface area contributed by atoms with E-state index in [1.165, 1.54) is 6.92 Å². The zero-order valence-corrected chi connectivity index (χ0v) is 11.8. The Morgan fingerprint density at radius 2 is 2.15 bits per heavy atom. The van der Waals surface area contributed by atoms with Gasteiger partial charge < -0.3 is 9.47 Å². The van der Waals surface area contributed by atoms with E-state index in [4.69, 9.17) is 15.4 Å². The van der Waals surface area contributed by atoms with Crippen molar-refractivity contribution in [2.75, 3.05) is 6.79 Å². The van der Waals surface area contributed by atoms with Crippen molar-refractivity contribution in [1.29, 1.82) is 0 Å². The van der Waals surface area contributed by atoms with Gasteiger partial charge in [-0.3, -0.25) is 14.4 Å². The van der Waals surface area contributed by atoms with Gasteiger partial charge in [0.15, 0.2) is 6.10 Å². The molecule has 2 N–H and O–H groups in total. The Bertz CT molecular complexity index is 496. The van der Waals surface area contributed by atoms with E-state index in [9.17, 15) is 9.59 Å². The van der Waals surface area contributed by atoms with Gasteiger partial charge in [-0.1, -0.05) is 19.1 Å². The number of allylic oxidation sites excluding steroid dienone is 1. The molecule has 2 rings (SSSR count). The fourth-order valence-electron chi connectivity index (χ4n) is 2.70. The van der Waals surface area contributed by atoms with E-state index < -0.39 is 11.4 Å². The lowest BCUT2D eigenvalue weighted by Gasteiger charge is -2.25. The van der Waals surface area contributed by atoms with Crippen LogP contribution in [0.3, 0.4) is 0 Å². The van der Waals surface area contributed by atoms with Gasteiger partial charge in [-0.15, -0.1) is 0 Å². The van der Waals surface area contributed by atoms with Crippen molar-refractivity contribution in [3.05, 3.63) is 23.3 Å². The Hall–Kier alpha value is -1.66. The van der Waals surface area contributed by atoms with Crippen molar-refractivity contribution in [1.82, 2.24) is 0 Å². The van der Waals surface area contributed by atoms with Crippen molar-refractivity contribution in [2.45, 2.75) is 33.3 Å². The number of nitrogens with two attached hydrogens (primary N) is 1. The molecule has 0 bridgehead atoms. The SMILES string of the molecule is CC(=O)OC1C2=CC(C)CC(C)(C(=O)OCON)C=C21. The molecule has 0 saturated heterocycles. The summed E-state index contributed by atoms with van der Waals surface area (Å²) in [6, 6.07) is 0. The first-order chi connectivity index (χ1) is 9.37. The van der Waals surface area contributed by atoms with E-state index in [0.29, 0.717) is 6.42 Å². The molecule has 1 fully saturated rings. The van der Waals surface area contributed by atoms with Gasteiger partial charge in [0.2, 0.25) is 6.79 Å². The smallest absolute Gasteiger partial charge is 0.317 e. The Balaban J connectivity index is 2.19. The number of carbonyl (C=O) groups is 2. The van der Waals surface area contributed by atoms with Crippen LogP contribution in [0.25, 0.3) is 0 Å². The van der Waals surface area contributed by atoms with Crippen LogP contribution in [-0.4, -0.2) is 24.8 Å². The Morgan fingerprint density at radius 3 is 2.75 bits per heavy atom. The number of esters is 2. The first kappa shape index (κ1) is 14.7.